The molecular formula is C26H27NO3. The molecule has 4 heteroatoms. The van der Waals surface area contributed by atoms with E-state index in [2.05, 4.69) is 5.32 Å². The van der Waals surface area contributed by atoms with Crippen LogP contribution in [0.4, 0.5) is 0 Å². The summed E-state index contributed by atoms with van der Waals surface area (Å²) < 4.78 is 12.5. The van der Waals surface area contributed by atoms with Gasteiger partial charge in [-0.25, -0.2) is 0 Å². The van der Waals surface area contributed by atoms with Gasteiger partial charge in [-0.15, -0.1) is 0 Å². The fourth-order valence-corrected chi connectivity index (χ4v) is 3.48. The van der Waals surface area contributed by atoms with Gasteiger partial charge in [-0.1, -0.05) is 86.6 Å². The highest BCUT2D eigenvalue weighted by Crippen LogP contribution is 2.30. The van der Waals surface area contributed by atoms with Gasteiger partial charge in [-0.3, -0.25) is 0 Å². The average molecular weight is 402 g/mol. The number of nitrogens with one attached hydrogen (secondary N) is 1. The molecule has 4 aromatic carbocycles. The molecular weight excluding hydrogens is 374 g/mol. The first kappa shape index (κ1) is 20.2. The van der Waals surface area contributed by atoms with Gasteiger partial charge in [0.1, 0.15) is 17.6 Å². The highest BCUT2D eigenvalue weighted by Gasteiger charge is 2.25. The van der Waals surface area contributed by atoms with Crippen molar-refractivity contribution in [3.8, 4) is 11.5 Å². The molecule has 0 radical (unpaired) electrons. The number of ether oxygens (including phenoxy) is 2. The smallest absolute Gasteiger partial charge is 0.267 e. The predicted molar refractivity (Wildman–Crippen MR) is 122 cm³/mol. The third kappa shape index (κ3) is 4.56. The molecule has 4 nitrogen and oxygen atoms in total. The third-order valence-electron chi connectivity index (χ3n) is 5.03. The Bertz CT molecular complexity index is 1030. The lowest BCUT2D eigenvalue weighted by Crippen LogP contribution is -2.44. The van der Waals surface area contributed by atoms with Crippen LogP contribution in [0.15, 0.2) is 84.9 Å². The first-order valence-corrected chi connectivity index (χ1v) is 10.3. The Morgan fingerprint density at radius 1 is 0.700 bits per heavy atom. The molecule has 0 aliphatic heterocycles. The van der Waals surface area contributed by atoms with E-state index in [4.69, 9.17) is 9.47 Å². The highest BCUT2D eigenvalue weighted by molar-refractivity contribution is 5.89. The van der Waals surface area contributed by atoms with Crippen molar-refractivity contribution in [2.24, 2.45) is 0 Å². The van der Waals surface area contributed by atoms with E-state index >= 15 is 0 Å². The molecule has 0 bridgehead atoms. The fourth-order valence-electron chi connectivity index (χ4n) is 3.48. The van der Waals surface area contributed by atoms with Crippen molar-refractivity contribution in [3.05, 3.63) is 84.9 Å². The van der Waals surface area contributed by atoms with Crippen molar-refractivity contribution in [1.29, 1.82) is 0 Å². The average Bonchev–Trinajstić information content (AvgIpc) is 2.77. The monoisotopic (exact) mass is 401 g/mol. The Kier molecular flexibility index (Phi) is 6.17. The van der Waals surface area contributed by atoms with E-state index in [0.717, 1.165) is 21.5 Å². The largest absolute Gasteiger partial charge is 0.451 e. The van der Waals surface area contributed by atoms with E-state index in [1.807, 2.05) is 98.8 Å². The molecule has 1 unspecified atom stereocenters. The van der Waals surface area contributed by atoms with Gasteiger partial charge in [-0.05, 0) is 22.9 Å². The Hall–Kier alpha value is -3.08. The van der Waals surface area contributed by atoms with Crippen LogP contribution in [0.1, 0.15) is 13.8 Å². The third-order valence-corrected chi connectivity index (χ3v) is 5.03. The number of fused-ring (bicyclic) bond motifs is 2. The summed E-state index contributed by atoms with van der Waals surface area (Å²) in [5, 5.41) is 18.3. The van der Waals surface area contributed by atoms with Gasteiger partial charge in [0.25, 0.3) is 6.29 Å². The summed E-state index contributed by atoms with van der Waals surface area (Å²) in [5.41, 5.74) is 0. The molecule has 30 heavy (non-hydrogen) atoms. The number of aliphatic hydroxyl groups is 1. The number of benzene rings is 4. The standard InChI is InChI=1S/C26H27NO3/c1-18(2)27-17-23(28)26(29-24-15-7-11-19-9-3-5-13-21(19)24)30-25-16-8-12-20-10-4-6-14-22(20)25/h3-16,18,23,26-28H,17H2,1-2H3. The minimum atomic E-state index is -0.868. The Morgan fingerprint density at radius 3 is 1.67 bits per heavy atom. The van der Waals surface area contributed by atoms with Crippen LogP contribution >= 0.6 is 0 Å². The second-order valence-corrected chi connectivity index (χ2v) is 7.69. The van der Waals surface area contributed by atoms with Gasteiger partial charge in [0.2, 0.25) is 0 Å². The van der Waals surface area contributed by atoms with Crippen molar-refractivity contribution in [1.82, 2.24) is 5.32 Å². The van der Waals surface area contributed by atoms with E-state index < -0.39 is 12.4 Å². The molecule has 0 fully saturated rings. The quantitative estimate of drug-likeness (QED) is 0.402. The summed E-state index contributed by atoms with van der Waals surface area (Å²) in [6.07, 6.45) is -1.72. The van der Waals surface area contributed by atoms with Gasteiger partial charge in [0.05, 0.1) is 0 Å². The Labute approximate surface area is 177 Å². The molecule has 0 aromatic heterocycles. The molecule has 154 valence electrons. The molecule has 4 aromatic rings. The topological polar surface area (TPSA) is 50.7 Å². The van der Waals surface area contributed by atoms with Gasteiger partial charge in [0, 0.05) is 23.4 Å². The molecule has 4 rings (SSSR count). The number of aliphatic hydroxyl groups excluding tert-OH is 1. The zero-order chi connectivity index (χ0) is 20.9. The summed E-state index contributed by atoms with van der Waals surface area (Å²) >= 11 is 0. The van der Waals surface area contributed by atoms with Crippen molar-refractivity contribution in [3.63, 3.8) is 0 Å². The van der Waals surface area contributed by atoms with Crippen LogP contribution in [0, 0.1) is 0 Å². The summed E-state index contributed by atoms with van der Waals surface area (Å²) in [4.78, 5) is 0. The van der Waals surface area contributed by atoms with Crippen LogP contribution in [0.3, 0.4) is 0 Å². The molecule has 0 aliphatic carbocycles. The lowest BCUT2D eigenvalue weighted by molar-refractivity contribution is -0.0831. The second kappa shape index (κ2) is 9.16. The van der Waals surface area contributed by atoms with Crippen molar-refractivity contribution < 1.29 is 14.6 Å². The van der Waals surface area contributed by atoms with E-state index in [1.54, 1.807) is 0 Å². The zero-order valence-electron chi connectivity index (χ0n) is 17.3. The minimum absolute atomic E-state index is 0.246. The van der Waals surface area contributed by atoms with Crippen molar-refractivity contribution in [2.45, 2.75) is 32.3 Å². The Balaban J connectivity index is 1.67. The number of rotatable bonds is 8. The Morgan fingerprint density at radius 2 is 1.17 bits per heavy atom. The molecule has 0 aliphatic rings. The summed E-state index contributed by atoms with van der Waals surface area (Å²) in [6, 6.07) is 28.1. The van der Waals surface area contributed by atoms with Crippen LogP contribution in [-0.4, -0.2) is 30.1 Å². The normalized spacial score (nSPS) is 12.6. The molecule has 0 amide bonds. The van der Waals surface area contributed by atoms with E-state index in [9.17, 15) is 5.11 Å². The molecule has 0 saturated carbocycles. The molecule has 2 N–H and O–H groups in total. The summed E-state index contributed by atoms with van der Waals surface area (Å²) in [5.74, 6) is 1.36. The molecule has 0 spiro atoms. The van der Waals surface area contributed by atoms with E-state index in [1.165, 1.54) is 0 Å². The lowest BCUT2D eigenvalue weighted by Gasteiger charge is -2.27. The maximum Gasteiger partial charge on any atom is 0.267 e. The molecule has 0 heterocycles. The number of hydrogen-bond acceptors (Lipinski definition) is 4. The maximum absolute atomic E-state index is 10.9. The number of hydrogen-bond donors (Lipinski definition) is 2. The van der Waals surface area contributed by atoms with Crippen LogP contribution < -0.4 is 14.8 Å². The zero-order valence-corrected chi connectivity index (χ0v) is 17.3. The van der Waals surface area contributed by atoms with E-state index in [-0.39, 0.29) is 6.04 Å². The van der Waals surface area contributed by atoms with Gasteiger partial charge in [0.15, 0.2) is 0 Å². The summed E-state index contributed by atoms with van der Waals surface area (Å²) in [7, 11) is 0. The molecule has 1 atom stereocenters. The predicted octanol–water partition coefficient (Wildman–Crippen LogP) is 5.14. The van der Waals surface area contributed by atoms with E-state index in [0.29, 0.717) is 18.0 Å². The van der Waals surface area contributed by atoms with Crippen molar-refractivity contribution >= 4 is 21.5 Å². The highest BCUT2D eigenvalue weighted by atomic mass is 16.7. The second-order valence-electron chi connectivity index (χ2n) is 7.69. The van der Waals surface area contributed by atoms with Crippen LogP contribution in [0.25, 0.3) is 21.5 Å². The first-order valence-electron chi connectivity index (χ1n) is 10.3. The van der Waals surface area contributed by atoms with Crippen molar-refractivity contribution in [2.75, 3.05) is 6.54 Å². The minimum Gasteiger partial charge on any atom is -0.451 e. The van der Waals surface area contributed by atoms with Crippen LogP contribution in [0.5, 0.6) is 11.5 Å². The van der Waals surface area contributed by atoms with Crippen LogP contribution in [0.2, 0.25) is 0 Å². The maximum atomic E-state index is 10.9. The lowest BCUT2D eigenvalue weighted by atomic mass is 10.1. The SMILES string of the molecule is CC(C)NCC(O)C(Oc1cccc2ccccc12)Oc1cccc2ccccc12. The molecule has 0 saturated heterocycles. The summed E-state index contributed by atoms with van der Waals surface area (Å²) in [6.45, 7) is 4.44. The fraction of sp³-hybridized carbons (Fsp3) is 0.231. The van der Waals surface area contributed by atoms with Gasteiger partial charge >= 0.3 is 0 Å². The van der Waals surface area contributed by atoms with Gasteiger partial charge in [-0.2, -0.15) is 0 Å². The first-order chi connectivity index (χ1) is 14.6. The van der Waals surface area contributed by atoms with Gasteiger partial charge < -0.3 is 19.9 Å². The van der Waals surface area contributed by atoms with Crippen LogP contribution in [-0.2, 0) is 0 Å².